The zero-order chi connectivity index (χ0) is 14.1. The van der Waals surface area contributed by atoms with Crippen molar-refractivity contribution in [2.75, 3.05) is 0 Å². The fourth-order valence-electron chi connectivity index (χ4n) is 2.26. The van der Waals surface area contributed by atoms with E-state index in [0.717, 1.165) is 12.8 Å². The van der Waals surface area contributed by atoms with Crippen molar-refractivity contribution in [1.82, 2.24) is 0 Å². The molecule has 1 aliphatic heterocycles. The van der Waals surface area contributed by atoms with E-state index >= 15 is 0 Å². The highest BCUT2D eigenvalue weighted by molar-refractivity contribution is 5.85. The van der Waals surface area contributed by atoms with E-state index in [1.807, 2.05) is 34.6 Å². The molecule has 0 unspecified atom stereocenters. The molecule has 0 aromatic heterocycles. The third kappa shape index (κ3) is 4.36. The summed E-state index contributed by atoms with van der Waals surface area (Å²) in [6.45, 7) is 13.9. The van der Waals surface area contributed by atoms with Gasteiger partial charge in [0, 0.05) is 5.92 Å². The van der Waals surface area contributed by atoms with Gasteiger partial charge in [0.1, 0.15) is 6.10 Å². The van der Waals surface area contributed by atoms with Crippen molar-refractivity contribution >= 4 is 5.78 Å². The molecule has 0 amide bonds. The minimum Gasteiger partial charge on any atom is -0.369 e. The molecule has 3 heteroatoms. The summed E-state index contributed by atoms with van der Waals surface area (Å²) in [7, 11) is 0. The Bertz CT molecular complexity index is 299. The van der Waals surface area contributed by atoms with Gasteiger partial charge in [-0.15, -0.1) is 0 Å². The average Bonchev–Trinajstić information content (AvgIpc) is 2.52. The second-order valence-corrected chi connectivity index (χ2v) is 7.16. The summed E-state index contributed by atoms with van der Waals surface area (Å²) in [5, 5.41) is 0. The Balaban J connectivity index is 2.82. The Kier molecular flexibility index (Phi) is 4.60. The smallest absolute Gasteiger partial charge is 0.166 e. The fourth-order valence-corrected chi connectivity index (χ4v) is 2.26. The van der Waals surface area contributed by atoms with E-state index < -0.39 is 6.10 Å². The normalized spacial score (nSPS) is 25.4. The first-order chi connectivity index (χ1) is 8.02. The number of rotatable bonds is 4. The molecule has 1 heterocycles. The molecule has 3 nitrogen and oxygen atoms in total. The summed E-state index contributed by atoms with van der Waals surface area (Å²) in [5.74, 6) is 0.122. The van der Waals surface area contributed by atoms with Crippen LogP contribution < -0.4 is 0 Å². The van der Waals surface area contributed by atoms with Crippen LogP contribution in [0.4, 0.5) is 0 Å². The van der Waals surface area contributed by atoms with Gasteiger partial charge in [0.05, 0.1) is 17.3 Å². The minimum atomic E-state index is -0.438. The summed E-state index contributed by atoms with van der Waals surface area (Å²) >= 11 is 0. The van der Waals surface area contributed by atoms with Crippen molar-refractivity contribution in [1.29, 1.82) is 0 Å². The molecular weight excluding hydrogens is 228 g/mol. The van der Waals surface area contributed by atoms with Crippen LogP contribution in [0, 0.1) is 5.92 Å². The number of Topliss-reactive ketones (excluding diaryl/α,β-unsaturated/α-hetero) is 1. The topological polar surface area (TPSA) is 35.5 Å². The van der Waals surface area contributed by atoms with E-state index in [0.29, 0.717) is 0 Å². The van der Waals surface area contributed by atoms with Gasteiger partial charge >= 0.3 is 0 Å². The molecule has 1 rings (SSSR count). The maximum absolute atomic E-state index is 12.3. The van der Waals surface area contributed by atoms with Gasteiger partial charge in [0.2, 0.25) is 0 Å². The van der Waals surface area contributed by atoms with Crippen molar-refractivity contribution in [3.63, 3.8) is 0 Å². The molecule has 0 saturated carbocycles. The molecule has 1 aliphatic rings. The zero-order valence-corrected chi connectivity index (χ0v) is 12.9. The Labute approximate surface area is 111 Å². The monoisotopic (exact) mass is 256 g/mol. The average molecular weight is 256 g/mol. The van der Waals surface area contributed by atoms with Crippen LogP contribution in [0.2, 0.25) is 0 Å². The van der Waals surface area contributed by atoms with Crippen LogP contribution in [0.5, 0.6) is 0 Å². The van der Waals surface area contributed by atoms with Gasteiger partial charge in [0.15, 0.2) is 5.78 Å². The first-order valence-corrected chi connectivity index (χ1v) is 6.91. The van der Waals surface area contributed by atoms with Crippen LogP contribution in [-0.4, -0.2) is 29.2 Å². The highest BCUT2D eigenvalue weighted by Crippen LogP contribution is 2.34. The molecule has 106 valence electrons. The lowest BCUT2D eigenvalue weighted by atomic mass is 9.96. The van der Waals surface area contributed by atoms with Crippen molar-refractivity contribution in [3.8, 4) is 0 Å². The lowest BCUT2D eigenvalue weighted by Crippen LogP contribution is -2.44. The van der Waals surface area contributed by atoms with E-state index in [-0.39, 0.29) is 29.0 Å². The van der Waals surface area contributed by atoms with Crippen molar-refractivity contribution < 1.29 is 14.3 Å². The van der Waals surface area contributed by atoms with Crippen LogP contribution in [-0.2, 0) is 14.3 Å². The Morgan fingerprint density at radius 2 is 1.89 bits per heavy atom. The molecule has 0 aliphatic carbocycles. The van der Waals surface area contributed by atoms with Gasteiger partial charge in [-0.3, -0.25) is 4.79 Å². The van der Waals surface area contributed by atoms with Crippen LogP contribution in [0.3, 0.4) is 0 Å². The highest BCUT2D eigenvalue weighted by atomic mass is 16.6. The number of hydrogen-bond acceptors (Lipinski definition) is 3. The van der Waals surface area contributed by atoms with Crippen LogP contribution in [0.15, 0.2) is 0 Å². The maximum Gasteiger partial charge on any atom is 0.166 e. The van der Waals surface area contributed by atoms with Gasteiger partial charge in [-0.1, -0.05) is 13.8 Å². The van der Waals surface area contributed by atoms with Gasteiger partial charge < -0.3 is 9.47 Å². The Morgan fingerprint density at radius 1 is 1.33 bits per heavy atom. The Hall–Kier alpha value is -0.410. The summed E-state index contributed by atoms with van der Waals surface area (Å²) in [4.78, 5) is 12.3. The van der Waals surface area contributed by atoms with Crippen LogP contribution in [0.25, 0.3) is 0 Å². The molecule has 0 radical (unpaired) electrons. The predicted molar refractivity (Wildman–Crippen MR) is 72.7 cm³/mol. The number of carbonyl (C=O) groups excluding carboxylic acids is 1. The highest BCUT2D eigenvalue weighted by Gasteiger charge is 2.42. The summed E-state index contributed by atoms with van der Waals surface area (Å²) < 4.78 is 11.9. The largest absolute Gasteiger partial charge is 0.369 e. The zero-order valence-electron chi connectivity index (χ0n) is 12.9. The van der Waals surface area contributed by atoms with E-state index in [4.69, 9.17) is 9.47 Å². The lowest BCUT2D eigenvalue weighted by molar-refractivity contribution is -0.165. The SMILES string of the molecule is CC(C)C(=O)[C@H](OC(C)(C)C)[C@H]1CCC(C)(C)O1. The van der Waals surface area contributed by atoms with Crippen LogP contribution >= 0.6 is 0 Å². The molecule has 1 saturated heterocycles. The summed E-state index contributed by atoms with van der Waals surface area (Å²) in [6, 6.07) is 0. The molecule has 0 bridgehead atoms. The minimum absolute atomic E-state index is 0.0235. The third-order valence-electron chi connectivity index (χ3n) is 3.17. The number of ether oxygens (including phenoxy) is 2. The molecular formula is C15H28O3. The molecule has 0 spiro atoms. The third-order valence-corrected chi connectivity index (χ3v) is 3.17. The second kappa shape index (κ2) is 5.30. The molecule has 0 aromatic carbocycles. The molecule has 2 atom stereocenters. The summed E-state index contributed by atoms with van der Waals surface area (Å²) in [5.41, 5.74) is -0.466. The standard InChI is InChI=1S/C15H28O3/c1-10(2)12(16)13(18-14(3,4)5)11-8-9-15(6,7)17-11/h10-11,13H,8-9H2,1-7H3/t11-,13-/m1/s1. The first kappa shape index (κ1) is 15.6. The van der Waals surface area contributed by atoms with Crippen molar-refractivity contribution in [3.05, 3.63) is 0 Å². The van der Waals surface area contributed by atoms with Crippen LogP contribution in [0.1, 0.15) is 61.3 Å². The molecule has 18 heavy (non-hydrogen) atoms. The van der Waals surface area contributed by atoms with Crippen molar-refractivity contribution in [2.45, 2.75) is 84.7 Å². The lowest BCUT2D eigenvalue weighted by Gasteiger charge is -2.32. The van der Waals surface area contributed by atoms with E-state index in [1.165, 1.54) is 0 Å². The van der Waals surface area contributed by atoms with E-state index in [1.54, 1.807) is 0 Å². The van der Waals surface area contributed by atoms with Gasteiger partial charge in [-0.05, 0) is 47.5 Å². The number of ketones is 1. The second-order valence-electron chi connectivity index (χ2n) is 7.16. The molecule has 0 aromatic rings. The van der Waals surface area contributed by atoms with Gasteiger partial charge in [-0.25, -0.2) is 0 Å². The van der Waals surface area contributed by atoms with Gasteiger partial charge in [0.25, 0.3) is 0 Å². The predicted octanol–water partition coefficient (Wildman–Crippen LogP) is 3.35. The first-order valence-electron chi connectivity index (χ1n) is 6.91. The maximum atomic E-state index is 12.3. The Morgan fingerprint density at radius 3 is 2.22 bits per heavy atom. The molecule has 1 fully saturated rings. The van der Waals surface area contributed by atoms with E-state index in [9.17, 15) is 4.79 Å². The van der Waals surface area contributed by atoms with E-state index in [2.05, 4.69) is 13.8 Å². The number of hydrogen-bond donors (Lipinski definition) is 0. The fraction of sp³-hybridized carbons (Fsp3) is 0.933. The van der Waals surface area contributed by atoms with Crippen molar-refractivity contribution in [2.24, 2.45) is 5.92 Å². The van der Waals surface area contributed by atoms with Gasteiger partial charge in [-0.2, -0.15) is 0 Å². The quantitative estimate of drug-likeness (QED) is 0.773. The molecule has 0 N–H and O–H groups in total. The number of carbonyl (C=O) groups is 1. The summed E-state index contributed by atoms with van der Waals surface area (Å²) in [6.07, 6.45) is 1.33.